The molecule has 0 saturated heterocycles. The molecule has 3 rings (SSSR count). The molecule has 3 aromatic carbocycles. The summed E-state index contributed by atoms with van der Waals surface area (Å²) in [6.07, 6.45) is 0. The third-order valence-corrected chi connectivity index (χ3v) is 8.01. The number of ether oxygens (including phenoxy) is 2. The Kier molecular flexibility index (Phi) is 9.95. The van der Waals surface area contributed by atoms with E-state index in [0.29, 0.717) is 23.8 Å². The summed E-state index contributed by atoms with van der Waals surface area (Å²) in [4.78, 5) is 27.8. The van der Waals surface area contributed by atoms with Gasteiger partial charge in [-0.05, 0) is 74.9 Å². The van der Waals surface area contributed by atoms with Crippen LogP contribution in [0.5, 0.6) is 11.5 Å². The predicted octanol–water partition coefficient (Wildman–Crippen LogP) is 3.76. The van der Waals surface area contributed by atoms with Crippen LogP contribution in [-0.4, -0.2) is 58.5 Å². The first-order chi connectivity index (χ1) is 18.6. The molecular formula is C29H35N3O6S. The highest BCUT2D eigenvalue weighted by Crippen LogP contribution is 2.26. The topological polar surface area (TPSA) is 105 Å². The number of carbonyl (C=O) groups excluding carboxylic acids is 2. The van der Waals surface area contributed by atoms with Crippen molar-refractivity contribution in [1.29, 1.82) is 0 Å². The van der Waals surface area contributed by atoms with Crippen LogP contribution >= 0.6 is 0 Å². The van der Waals surface area contributed by atoms with Crippen LogP contribution in [0, 0.1) is 6.92 Å². The first kappa shape index (κ1) is 29.5. The van der Waals surface area contributed by atoms with Crippen LogP contribution in [0.4, 0.5) is 5.69 Å². The van der Waals surface area contributed by atoms with Crippen LogP contribution < -0.4 is 19.1 Å². The number of anilines is 1. The van der Waals surface area contributed by atoms with E-state index >= 15 is 0 Å². The van der Waals surface area contributed by atoms with Crippen molar-refractivity contribution >= 4 is 27.5 Å². The Labute approximate surface area is 230 Å². The number of methoxy groups -OCH3 is 1. The van der Waals surface area contributed by atoms with Crippen molar-refractivity contribution in [2.24, 2.45) is 0 Å². The molecule has 0 aliphatic carbocycles. The molecule has 0 fully saturated rings. The Morgan fingerprint density at radius 1 is 0.974 bits per heavy atom. The van der Waals surface area contributed by atoms with E-state index in [9.17, 15) is 18.0 Å². The highest BCUT2D eigenvalue weighted by Gasteiger charge is 2.32. The van der Waals surface area contributed by atoms with Crippen molar-refractivity contribution in [1.82, 2.24) is 10.2 Å². The van der Waals surface area contributed by atoms with Gasteiger partial charge in [-0.25, -0.2) is 8.42 Å². The van der Waals surface area contributed by atoms with Gasteiger partial charge in [0.25, 0.3) is 10.0 Å². The number of likely N-dealkylation sites (N-methyl/N-ethyl adjacent to an activating group) is 1. The lowest BCUT2D eigenvalue weighted by Crippen LogP contribution is -2.50. The Morgan fingerprint density at radius 2 is 1.64 bits per heavy atom. The maximum atomic E-state index is 13.9. The molecule has 0 aromatic heterocycles. The van der Waals surface area contributed by atoms with Gasteiger partial charge in [0.1, 0.15) is 24.1 Å². The first-order valence-corrected chi connectivity index (χ1v) is 14.0. The number of carbonyl (C=O) groups is 2. The number of aryl methyl sites for hydroxylation is 1. The Hall–Kier alpha value is -4.05. The second-order valence-electron chi connectivity index (χ2n) is 8.92. The fraction of sp³-hybridized carbons (Fsp3) is 0.310. The van der Waals surface area contributed by atoms with E-state index in [1.807, 2.05) is 19.9 Å². The van der Waals surface area contributed by atoms with Crippen LogP contribution in [0.3, 0.4) is 0 Å². The largest absolute Gasteiger partial charge is 0.497 e. The number of hydrogen-bond donors (Lipinski definition) is 1. The first-order valence-electron chi connectivity index (χ1n) is 12.6. The smallest absolute Gasteiger partial charge is 0.264 e. The number of benzene rings is 3. The second-order valence-corrected chi connectivity index (χ2v) is 10.8. The Balaban J connectivity index is 2.01. The van der Waals surface area contributed by atoms with Crippen LogP contribution in [0.15, 0.2) is 77.7 Å². The molecule has 1 atom stereocenters. The van der Waals surface area contributed by atoms with Gasteiger partial charge >= 0.3 is 0 Å². The van der Waals surface area contributed by atoms with E-state index in [-0.39, 0.29) is 17.3 Å². The van der Waals surface area contributed by atoms with Crippen molar-refractivity contribution in [3.8, 4) is 11.5 Å². The average Bonchev–Trinajstić information content (AvgIpc) is 2.94. The van der Waals surface area contributed by atoms with Gasteiger partial charge in [0, 0.05) is 13.6 Å². The summed E-state index contributed by atoms with van der Waals surface area (Å²) < 4.78 is 39.5. The lowest BCUT2D eigenvalue weighted by molar-refractivity contribution is -0.139. The lowest BCUT2D eigenvalue weighted by Gasteiger charge is -2.32. The van der Waals surface area contributed by atoms with Crippen molar-refractivity contribution < 1.29 is 27.5 Å². The van der Waals surface area contributed by atoms with Crippen LogP contribution in [0.1, 0.15) is 25.0 Å². The molecule has 39 heavy (non-hydrogen) atoms. The van der Waals surface area contributed by atoms with Crippen LogP contribution in [-0.2, 0) is 26.2 Å². The highest BCUT2D eigenvalue weighted by atomic mass is 32.2. The van der Waals surface area contributed by atoms with Crippen LogP contribution in [0.25, 0.3) is 0 Å². The summed E-state index contributed by atoms with van der Waals surface area (Å²) in [5.74, 6) is 0.233. The molecule has 10 heteroatoms. The molecule has 0 radical (unpaired) electrons. The normalized spacial score (nSPS) is 11.8. The van der Waals surface area contributed by atoms with Gasteiger partial charge in [-0.15, -0.1) is 0 Å². The zero-order valence-electron chi connectivity index (χ0n) is 22.9. The van der Waals surface area contributed by atoms with Gasteiger partial charge in [0.05, 0.1) is 24.3 Å². The molecule has 0 saturated carbocycles. The maximum Gasteiger partial charge on any atom is 0.264 e. The predicted molar refractivity (Wildman–Crippen MR) is 150 cm³/mol. The fourth-order valence-corrected chi connectivity index (χ4v) is 5.41. The van der Waals surface area contributed by atoms with Crippen molar-refractivity contribution in [2.45, 2.75) is 38.3 Å². The van der Waals surface area contributed by atoms with E-state index < -0.39 is 28.5 Å². The zero-order chi connectivity index (χ0) is 28.6. The maximum absolute atomic E-state index is 13.9. The van der Waals surface area contributed by atoms with Gasteiger partial charge < -0.3 is 19.7 Å². The number of nitrogens with one attached hydrogen (secondary N) is 1. The van der Waals surface area contributed by atoms with Gasteiger partial charge in [0.15, 0.2) is 0 Å². The Bertz CT molecular complexity index is 1370. The molecule has 0 aliphatic heterocycles. The molecule has 208 valence electrons. The Morgan fingerprint density at radius 3 is 2.23 bits per heavy atom. The lowest BCUT2D eigenvalue weighted by atomic mass is 10.1. The SMILES string of the molecule is CCOc1ccc(S(=O)(=O)N(CC(=O)N(Cc2cccc(OC)c2)[C@H](C)C(=O)NC)c2ccc(C)cc2)cc1. The fourth-order valence-electron chi connectivity index (χ4n) is 4.00. The summed E-state index contributed by atoms with van der Waals surface area (Å²) in [5, 5.41) is 2.57. The quantitative estimate of drug-likeness (QED) is 0.366. The zero-order valence-corrected chi connectivity index (χ0v) is 23.7. The van der Waals surface area contributed by atoms with Gasteiger partial charge in [-0.1, -0.05) is 29.8 Å². The third-order valence-electron chi connectivity index (χ3n) is 6.22. The average molecular weight is 554 g/mol. The van der Waals surface area contributed by atoms with E-state index in [0.717, 1.165) is 15.4 Å². The number of rotatable bonds is 12. The summed E-state index contributed by atoms with van der Waals surface area (Å²) in [6, 6.07) is 19.2. The summed E-state index contributed by atoms with van der Waals surface area (Å²) in [7, 11) is -1.12. The second kappa shape index (κ2) is 13.1. The van der Waals surface area contributed by atoms with E-state index in [1.165, 1.54) is 24.1 Å². The van der Waals surface area contributed by atoms with Gasteiger partial charge in [0.2, 0.25) is 11.8 Å². The molecule has 0 heterocycles. The van der Waals surface area contributed by atoms with Gasteiger partial charge in [-0.3, -0.25) is 13.9 Å². The monoisotopic (exact) mass is 553 g/mol. The molecule has 2 amide bonds. The van der Waals surface area contributed by atoms with Gasteiger partial charge in [-0.2, -0.15) is 0 Å². The van der Waals surface area contributed by atoms with Crippen molar-refractivity contribution in [3.05, 3.63) is 83.9 Å². The molecule has 0 aliphatic rings. The van der Waals surface area contributed by atoms with Crippen molar-refractivity contribution in [3.63, 3.8) is 0 Å². The molecule has 3 aromatic rings. The van der Waals surface area contributed by atoms with Crippen molar-refractivity contribution in [2.75, 3.05) is 31.6 Å². The highest BCUT2D eigenvalue weighted by molar-refractivity contribution is 7.92. The summed E-state index contributed by atoms with van der Waals surface area (Å²) in [6.45, 7) is 5.35. The number of hydrogen-bond acceptors (Lipinski definition) is 6. The summed E-state index contributed by atoms with van der Waals surface area (Å²) in [5.41, 5.74) is 2.00. The van der Waals surface area contributed by atoms with E-state index in [1.54, 1.807) is 68.6 Å². The molecule has 0 spiro atoms. The van der Waals surface area contributed by atoms with E-state index in [4.69, 9.17) is 9.47 Å². The minimum absolute atomic E-state index is 0.0121. The molecule has 0 unspecified atom stereocenters. The molecule has 0 bridgehead atoms. The number of nitrogens with zero attached hydrogens (tertiary/aromatic N) is 2. The van der Waals surface area contributed by atoms with Crippen LogP contribution in [0.2, 0.25) is 0 Å². The molecule has 1 N–H and O–H groups in total. The molecule has 9 nitrogen and oxygen atoms in total. The minimum Gasteiger partial charge on any atom is -0.497 e. The van der Waals surface area contributed by atoms with E-state index in [2.05, 4.69) is 5.32 Å². The third kappa shape index (κ3) is 7.29. The number of sulfonamides is 1. The molecular weight excluding hydrogens is 518 g/mol. The minimum atomic E-state index is -4.15. The number of amides is 2. The standard InChI is InChI=1S/C29H35N3O6S/c1-6-38-25-14-16-27(17-15-25)39(35,36)32(24-12-10-21(2)11-13-24)20-28(33)31(22(3)29(34)30-4)19-23-8-7-9-26(18-23)37-5/h7-18,22H,6,19-20H2,1-5H3,(H,30,34)/t22-/m1/s1. The summed E-state index contributed by atoms with van der Waals surface area (Å²) >= 11 is 0.